The molecule has 0 saturated heterocycles. The Labute approximate surface area is 155 Å². The molecule has 0 fully saturated rings. The van der Waals surface area contributed by atoms with Gasteiger partial charge in [0.1, 0.15) is 0 Å². The molecule has 0 saturated carbocycles. The summed E-state index contributed by atoms with van der Waals surface area (Å²) in [6.45, 7) is 0.586. The average molecular weight is 337 g/mol. The molecule has 0 amide bonds. The maximum atomic E-state index is 6.37. The minimum atomic E-state index is -0.175. The zero-order valence-corrected chi connectivity index (χ0v) is 14.8. The standard InChI is InChI=1S/C25H23N/c26-19-25(23-14-5-2-6-15-23)17-8-7-16-24(25)22-13-9-12-21(18-22)20-10-3-1-4-11-20/h1-16,18H,17,19,26H2. The molecule has 3 aromatic rings. The largest absolute Gasteiger partial charge is 0.329 e. The molecule has 0 heterocycles. The second kappa shape index (κ2) is 7.15. The zero-order chi connectivity index (χ0) is 17.8. The van der Waals surface area contributed by atoms with E-state index in [1.165, 1.54) is 27.8 Å². The van der Waals surface area contributed by atoms with Crippen molar-refractivity contribution in [2.24, 2.45) is 5.73 Å². The van der Waals surface area contributed by atoms with Gasteiger partial charge in [0.25, 0.3) is 0 Å². The molecular formula is C25H23N. The van der Waals surface area contributed by atoms with Gasteiger partial charge in [-0.1, -0.05) is 97.1 Å². The van der Waals surface area contributed by atoms with E-state index in [2.05, 4.69) is 103 Å². The minimum Gasteiger partial charge on any atom is -0.329 e. The molecule has 128 valence electrons. The summed E-state index contributed by atoms with van der Waals surface area (Å²) in [5.41, 5.74) is 12.5. The summed E-state index contributed by atoms with van der Waals surface area (Å²) in [4.78, 5) is 0. The van der Waals surface area contributed by atoms with Crippen LogP contribution in [0.3, 0.4) is 0 Å². The van der Waals surface area contributed by atoms with Crippen molar-refractivity contribution < 1.29 is 0 Å². The fourth-order valence-electron chi connectivity index (χ4n) is 3.91. The molecule has 1 atom stereocenters. The molecule has 4 rings (SSSR count). The highest BCUT2D eigenvalue weighted by Gasteiger charge is 2.35. The predicted octanol–water partition coefficient (Wildman–Crippen LogP) is 5.59. The van der Waals surface area contributed by atoms with Crippen molar-refractivity contribution >= 4 is 5.57 Å². The van der Waals surface area contributed by atoms with Crippen molar-refractivity contribution in [2.75, 3.05) is 6.54 Å². The third-order valence-corrected chi connectivity index (χ3v) is 5.34. The van der Waals surface area contributed by atoms with Crippen LogP contribution in [0.15, 0.2) is 103 Å². The number of allylic oxidation sites excluding steroid dienone is 3. The summed E-state index contributed by atoms with van der Waals surface area (Å²) in [5, 5.41) is 0. The van der Waals surface area contributed by atoms with Crippen molar-refractivity contribution in [3.8, 4) is 11.1 Å². The molecule has 1 unspecified atom stereocenters. The summed E-state index contributed by atoms with van der Waals surface area (Å²) >= 11 is 0. The molecule has 1 heteroatoms. The molecule has 1 aliphatic carbocycles. The monoisotopic (exact) mass is 337 g/mol. The van der Waals surface area contributed by atoms with Gasteiger partial charge < -0.3 is 5.73 Å². The first-order chi connectivity index (χ1) is 12.8. The van der Waals surface area contributed by atoms with Gasteiger partial charge in [0, 0.05) is 12.0 Å². The topological polar surface area (TPSA) is 26.0 Å². The van der Waals surface area contributed by atoms with Crippen LogP contribution in [-0.2, 0) is 5.41 Å². The molecule has 0 bridgehead atoms. The van der Waals surface area contributed by atoms with Gasteiger partial charge in [-0.15, -0.1) is 0 Å². The van der Waals surface area contributed by atoms with Crippen molar-refractivity contribution in [3.05, 3.63) is 114 Å². The molecule has 1 aliphatic rings. The lowest BCUT2D eigenvalue weighted by Crippen LogP contribution is -2.37. The van der Waals surface area contributed by atoms with Crippen LogP contribution < -0.4 is 5.73 Å². The molecular weight excluding hydrogens is 314 g/mol. The fraction of sp³-hybridized carbons (Fsp3) is 0.120. The number of hydrogen-bond acceptors (Lipinski definition) is 1. The van der Waals surface area contributed by atoms with Crippen molar-refractivity contribution in [1.29, 1.82) is 0 Å². The summed E-state index contributed by atoms with van der Waals surface area (Å²) in [6, 6.07) is 30.0. The van der Waals surface area contributed by atoms with Gasteiger partial charge >= 0.3 is 0 Å². The number of hydrogen-bond donors (Lipinski definition) is 1. The van der Waals surface area contributed by atoms with E-state index in [9.17, 15) is 0 Å². The van der Waals surface area contributed by atoms with Gasteiger partial charge in [0.05, 0.1) is 0 Å². The fourth-order valence-corrected chi connectivity index (χ4v) is 3.91. The Morgan fingerprint density at radius 1 is 0.731 bits per heavy atom. The number of rotatable bonds is 4. The molecule has 1 nitrogen and oxygen atoms in total. The van der Waals surface area contributed by atoms with Gasteiger partial charge in [0.2, 0.25) is 0 Å². The highest BCUT2D eigenvalue weighted by molar-refractivity contribution is 5.81. The molecule has 0 spiro atoms. The van der Waals surface area contributed by atoms with E-state index in [-0.39, 0.29) is 5.41 Å². The highest BCUT2D eigenvalue weighted by Crippen LogP contribution is 2.43. The van der Waals surface area contributed by atoms with Crippen molar-refractivity contribution in [3.63, 3.8) is 0 Å². The normalized spacial score (nSPS) is 19.2. The van der Waals surface area contributed by atoms with E-state index < -0.39 is 0 Å². The van der Waals surface area contributed by atoms with E-state index in [4.69, 9.17) is 5.73 Å². The van der Waals surface area contributed by atoms with Crippen LogP contribution in [0.25, 0.3) is 16.7 Å². The molecule has 26 heavy (non-hydrogen) atoms. The average Bonchev–Trinajstić information content (AvgIpc) is 2.75. The molecule has 0 aromatic heterocycles. The maximum Gasteiger partial charge on any atom is 0.0365 e. The Morgan fingerprint density at radius 2 is 1.38 bits per heavy atom. The van der Waals surface area contributed by atoms with Crippen LogP contribution in [-0.4, -0.2) is 6.54 Å². The minimum absolute atomic E-state index is 0.175. The Kier molecular flexibility index (Phi) is 4.55. The lowest BCUT2D eigenvalue weighted by Gasteiger charge is -2.37. The predicted molar refractivity (Wildman–Crippen MR) is 111 cm³/mol. The molecule has 3 aromatic carbocycles. The molecule has 0 radical (unpaired) electrons. The summed E-state index contributed by atoms with van der Waals surface area (Å²) < 4.78 is 0. The van der Waals surface area contributed by atoms with Crippen LogP contribution in [0.4, 0.5) is 0 Å². The summed E-state index contributed by atoms with van der Waals surface area (Å²) in [6.07, 6.45) is 7.54. The van der Waals surface area contributed by atoms with E-state index in [1.54, 1.807) is 0 Å². The highest BCUT2D eigenvalue weighted by atomic mass is 14.6. The van der Waals surface area contributed by atoms with Gasteiger partial charge in [-0.25, -0.2) is 0 Å². The van der Waals surface area contributed by atoms with E-state index in [0.717, 1.165) is 6.42 Å². The first-order valence-corrected chi connectivity index (χ1v) is 9.12. The number of benzene rings is 3. The lowest BCUT2D eigenvalue weighted by molar-refractivity contribution is 0.569. The van der Waals surface area contributed by atoms with Crippen molar-refractivity contribution in [2.45, 2.75) is 11.8 Å². The SMILES string of the molecule is NCC1(c2ccccc2)CC=CC=C1c1cccc(-c2ccccc2)c1. The third kappa shape index (κ3) is 2.91. The van der Waals surface area contributed by atoms with Crippen LogP contribution in [0.1, 0.15) is 17.5 Å². The van der Waals surface area contributed by atoms with Crippen LogP contribution in [0, 0.1) is 0 Å². The van der Waals surface area contributed by atoms with Crippen LogP contribution >= 0.6 is 0 Å². The van der Waals surface area contributed by atoms with E-state index in [1.807, 2.05) is 0 Å². The third-order valence-electron chi connectivity index (χ3n) is 5.34. The Bertz CT molecular complexity index is 938. The van der Waals surface area contributed by atoms with Crippen LogP contribution in [0.2, 0.25) is 0 Å². The maximum absolute atomic E-state index is 6.37. The Morgan fingerprint density at radius 3 is 2.12 bits per heavy atom. The Balaban J connectivity index is 1.83. The summed E-state index contributed by atoms with van der Waals surface area (Å²) in [7, 11) is 0. The molecule has 2 N–H and O–H groups in total. The summed E-state index contributed by atoms with van der Waals surface area (Å²) in [5.74, 6) is 0. The van der Waals surface area contributed by atoms with Crippen molar-refractivity contribution in [1.82, 2.24) is 0 Å². The number of nitrogens with two attached hydrogens (primary N) is 1. The first-order valence-electron chi connectivity index (χ1n) is 9.12. The second-order valence-electron chi connectivity index (χ2n) is 6.81. The first kappa shape index (κ1) is 16.6. The van der Waals surface area contributed by atoms with Crippen LogP contribution in [0.5, 0.6) is 0 Å². The lowest BCUT2D eigenvalue weighted by atomic mass is 9.67. The van der Waals surface area contributed by atoms with Gasteiger partial charge in [-0.3, -0.25) is 0 Å². The van der Waals surface area contributed by atoms with Gasteiger partial charge in [-0.05, 0) is 40.3 Å². The van der Waals surface area contributed by atoms with E-state index >= 15 is 0 Å². The smallest absolute Gasteiger partial charge is 0.0365 e. The quantitative estimate of drug-likeness (QED) is 0.659. The second-order valence-corrected chi connectivity index (χ2v) is 6.81. The molecule has 0 aliphatic heterocycles. The van der Waals surface area contributed by atoms with E-state index in [0.29, 0.717) is 6.54 Å². The Hall–Kier alpha value is -2.90. The van der Waals surface area contributed by atoms with Gasteiger partial charge in [0.15, 0.2) is 0 Å². The van der Waals surface area contributed by atoms with Gasteiger partial charge in [-0.2, -0.15) is 0 Å². The zero-order valence-electron chi connectivity index (χ0n) is 14.8.